The minimum absolute atomic E-state index is 0.127. The highest BCUT2D eigenvalue weighted by Gasteiger charge is 2.24. The van der Waals surface area contributed by atoms with Crippen LogP contribution in [0.1, 0.15) is 33.6 Å². The molecular formula is C11H20N2O5. The smallest absolute Gasteiger partial charge is 0.326 e. The summed E-state index contributed by atoms with van der Waals surface area (Å²) < 4.78 is 0. The molecule has 0 aliphatic rings. The van der Waals surface area contributed by atoms with Crippen molar-refractivity contribution in [3.63, 3.8) is 0 Å². The van der Waals surface area contributed by atoms with Crippen LogP contribution in [0.15, 0.2) is 0 Å². The predicted octanol–water partition coefficient (Wildman–Crippen LogP) is 0.134. The van der Waals surface area contributed by atoms with Crippen molar-refractivity contribution in [2.75, 3.05) is 0 Å². The Morgan fingerprint density at radius 2 is 1.72 bits per heavy atom. The minimum atomic E-state index is -1.10. The van der Waals surface area contributed by atoms with E-state index < -0.39 is 29.7 Å². The summed E-state index contributed by atoms with van der Waals surface area (Å²) in [4.78, 5) is 33.5. The van der Waals surface area contributed by atoms with Crippen molar-refractivity contribution in [1.29, 1.82) is 0 Å². The molecule has 0 radical (unpaired) electrons. The van der Waals surface area contributed by atoms with E-state index in [1.165, 1.54) is 12.4 Å². The Balaban J connectivity index is 4.41. The Bertz CT molecular complexity index is 317. The summed E-state index contributed by atoms with van der Waals surface area (Å²) in [6.07, 6.45) is 0.121. The molecule has 0 spiro atoms. The molecule has 0 heterocycles. The Morgan fingerprint density at radius 3 is 2.11 bits per heavy atom. The van der Waals surface area contributed by atoms with E-state index in [2.05, 4.69) is 5.32 Å². The number of amides is 2. The van der Waals surface area contributed by atoms with Gasteiger partial charge in [0, 0.05) is 12.3 Å². The average molecular weight is 260 g/mol. The SMILES string of the molecule is CC(C)C[C@H](NC(=O)C(C)CC(=O)NO)C(=O)O. The van der Waals surface area contributed by atoms with Gasteiger partial charge in [0.25, 0.3) is 0 Å². The van der Waals surface area contributed by atoms with Gasteiger partial charge in [0.1, 0.15) is 6.04 Å². The van der Waals surface area contributed by atoms with Gasteiger partial charge in [0.05, 0.1) is 0 Å². The normalized spacial score (nSPS) is 13.8. The van der Waals surface area contributed by atoms with Gasteiger partial charge in [-0.1, -0.05) is 20.8 Å². The molecule has 104 valence electrons. The molecule has 0 aromatic carbocycles. The van der Waals surface area contributed by atoms with Crippen LogP contribution < -0.4 is 10.8 Å². The Hall–Kier alpha value is -1.63. The molecule has 7 nitrogen and oxygen atoms in total. The van der Waals surface area contributed by atoms with Crippen LogP contribution in [0.5, 0.6) is 0 Å². The second-order valence-corrected chi connectivity index (χ2v) is 4.67. The van der Waals surface area contributed by atoms with E-state index in [0.29, 0.717) is 6.42 Å². The van der Waals surface area contributed by atoms with Crippen LogP contribution in [0.2, 0.25) is 0 Å². The fourth-order valence-electron chi connectivity index (χ4n) is 1.42. The molecule has 4 N–H and O–H groups in total. The van der Waals surface area contributed by atoms with Gasteiger partial charge in [-0.3, -0.25) is 14.8 Å². The maximum atomic E-state index is 11.7. The molecule has 18 heavy (non-hydrogen) atoms. The van der Waals surface area contributed by atoms with Crippen LogP contribution in [-0.2, 0) is 14.4 Å². The first kappa shape index (κ1) is 16.4. The van der Waals surface area contributed by atoms with Crippen molar-refractivity contribution in [3.8, 4) is 0 Å². The highest BCUT2D eigenvalue weighted by molar-refractivity contribution is 5.88. The number of hydrogen-bond donors (Lipinski definition) is 4. The van der Waals surface area contributed by atoms with Crippen molar-refractivity contribution < 1.29 is 24.7 Å². The highest BCUT2D eigenvalue weighted by Crippen LogP contribution is 2.08. The first-order valence-electron chi connectivity index (χ1n) is 5.74. The van der Waals surface area contributed by atoms with Gasteiger partial charge in [-0.05, 0) is 12.3 Å². The van der Waals surface area contributed by atoms with E-state index in [4.69, 9.17) is 10.3 Å². The second-order valence-electron chi connectivity index (χ2n) is 4.67. The number of carbonyl (C=O) groups is 3. The van der Waals surface area contributed by atoms with Crippen molar-refractivity contribution in [2.45, 2.75) is 39.7 Å². The van der Waals surface area contributed by atoms with Crippen LogP contribution in [0, 0.1) is 11.8 Å². The third-order valence-corrected chi connectivity index (χ3v) is 2.39. The summed E-state index contributed by atoms with van der Waals surface area (Å²) in [5.41, 5.74) is 1.42. The topological polar surface area (TPSA) is 116 Å². The Kier molecular flexibility index (Phi) is 6.96. The van der Waals surface area contributed by atoms with Crippen molar-refractivity contribution in [3.05, 3.63) is 0 Å². The molecule has 0 rings (SSSR count). The zero-order chi connectivity index (χ0) is 14.3. The van der Waals surface area contributed by atoms with Gasteiger partial charge in [0.15, 0.2) is 0 Å². The lowest BCUT2D eigenvalue weighted by atomic mass is 10.0. The first-order valence-corrected chi connectivity index (χ1v) is 5.74. The maximum Gasteiger partial charge on any atom is 0.326 e. The monoisotopic (exact) mass is 260 g/mol. The van der Waals surface area contributed by atoms with Crippen molar-refractivity contribution in [2.24, 2.45) is 11.8 Å². The maximum absolute atomic E-state index is 11.7. The third-order valence-electron chi connectivity index (χ3n) is 2.39. The third kappa shape index (κ3) is 6.19. The molecule has 0 aromatic rings. The summed E-state index contributed by atoms with van der Waals surface area (Å²) in [6, 6.07) is -0.961. The van der Waals surface area contributed by atoms with Crippen LogP contribution in [0.4, 0.5) is 0 Å². The molecule has 1 unspecified atom stereocenters. The molecular weight excluding hydrogens is 240 g/mol. The van der Waals surface area contributed by atoms with E-state index >= 15 is 0 Å². The molecule has 2 amide bonds. The Labute approximate surface area is 106 Å². The zero-order valence-corrected chi connectivity index (χ0v) is 10.8. The van der Waals surface area contributed by atoms with Crippen LogP contribution in [-0.4, -0.2) is 34.1 Å². The number of rotatable bonds is 7. The number of aliphatic carboxylic acids is 1. The van der Waals surface area contributed by atoms with Crippen LogP contribution in [0.3, 0.4) is 0 Å². The van der Waals surface area contributed by atoms with Crippen LogP contribution >= 0.6 is 0 Å². The van der Waals surface area contributed by atoms with E-state index in [-0.39, 0.29) is 12.3 Å². The fraction of sp³-hybridized carbons (Fsp3) is 0.727. The van der Waals surface area contributed by atoms with E-state index in [0.717, 1.165) is 0 Å². The van der Waals surface area contributed by atoms with Crippen molar-refractivity contribution in [1.82, 2.24) is 10.8 Å². The zero-order valence-electron chi connectivity index (χ0n) is 10.8. The lowest BCUT2D eigenvalue weighted by Gasteiger charge is -2.18. The summed E-state index contributed by atoms with van der Waals surface area (Å²) in [7, 11) is 0. The Morgan fingerprint density at radius 1 is 1.17 bits per heavy atom. The second kappa shape index (κ2) is 7.65. The van der Waals surface area contributed by atoms with E-state index in [1.807, 2.05) is 13.8 Å². The van der Waals surface area contributed by atoms with Gasteiger partial charge in [-0.2, -0.15) is 0 Å². The molecule has 2 atom stereocenters. The van der Waals surface area contributed by atoms with E-state index in [9.17, 15) is 14.4 Å². The molecule has 0 aliphatic heterocycles. The van der Waals surface area contributed by atoms with Gasteiger partial charge >= 0.3 is 5.97 Å². The summed E-state index contributed by atoms with van der Waals surface area (Å²) in [5, 5.41) is 19.7. The van der Waals surface area contributed by atoms with Crippen LogP contribution in [0.25, 0.3) is 0 Å². The van der Waals surface area contributed by atoms with Gasteiger partial charge in [-0.25, -0.2) is 10.3 Å². The fourth-order valence-corrected chi connectivity index (χ4v) is 1.42. The molecule has 0 saturated heterocycles. The number of carboxylic acid groups (broad SMARTS) is 1. The molecule has 0 aliphatic carbocycles. The average Bonchev–Trinajstić information content (AvgIpc) is 2.26. The summed E-state index contributed by atoms with van der Waals surface area (Å²) >= 11 is 0. The predicted molar refractivity (Wildman–Crippen MR) is 62.7 cm³/mol. The first-order chi connectivity index (χ1) is 8.27. The molecule has 7 heteroatoms. The number of hydrogen-bond acceptors (Lipinski definition) is 4. The summed E-state index contributed by atoms with van der Waals surface area (Å²) in [6.45, 7) is 5.19. The quantitative estimate of drug-likeness (QED) is 0.383. The molecule has 0 fully saturated rings. The van der Waals surface area contributed by atoms with Gasteiger partial charge < -0.3 is 10.4 Å². The highest BCUT2D eigenvalue weighted by atomic mass is 16.5. The van der Waals surface area contributed by atoms with Gasteiger partial charge in [-0.15, -0.1) is 0 Å². The lowest BCUT2D eigenvalue weighted by molar-refractivity contribution is -0.143. The number of nitrogens with one attached hydrogen (secondary N) is 2. The molecule has 0 saturated carbocycles. The molecule has 0 bridgehead atoms. The minimum Gasteiger partial charge on any atom is -0.480 e. The number of carboxylic acids is 1. The molecule has 0 aromatic heterocycles. The number of carbonyl (C=O) groups excluding carboxylic acids is 2. The van der Waals surface area contributed by atoms with Gasteiger partial charge in [0.2, 0.25) is 11.8 Å². The van der Waals surface area contributed by atoms with E-state index in [1.54, 1.807) is 0 Å². The standard InChI is InChI=1S/C11H20N2O5/c1-6(2)4-8(11(16)17)12-10(15)7(3)5-9(14)13-18/h6-8,18H,4-5H2,1-3H3,(H,12,15)(H,13,14)(H,16,17)/t7?,8-/m0/s1. The van der Waals surface area contributed by atoms with Crippen molar-refractivity contribution >= 4 is 17.8 Å². The summed E-state index contributed by atoms with van der Waals surface area (Å²) in [5.74, 6) is -2.88. The number of hydroxylamine groups is 1. The largest absolute Gasteiger partial charge is 0.480 e. The lowest BCUT2D eigenvalue weighted by Crippen LogP contribution is -2.44.